The van der Waals surface area contributed by atoms with Crippen LogP contribution in [0.5, 0.6) is 0 Å². The zero-order chi connectivity index (χ0) is 10.4. The highest BCUT2D eigenvalue weighted by atomic mass is 32.1. The highest BCUT2D eigenvalue weighted by Crippen LogP contribution is 2.43. The van der Waals surface area contributed by atoms with E-state index in [0.29, 0.717) is 5.92 Å². The Morgan fingerprint density at radius 2 is 2.27 bits per heavy atom. The average molecular weight is 220 g/mol. The molecule has 1 aromatic heterocycles. The second-order valence-electron chi connectivity index (χ2n) is 3.74. The zero-order valence-electron chi connectivity index (χ0n) is 7.84. The van der Waals surface area contributed by atoms with Gasteiger partial charge in [-0.15, -0.1) is 11.3 Å². The van der Waals surface area contributed by atoms with Gasteiger partial charge in [-0.1, -0.05) is 0 Å². The summed E-state index contributed by atoms with van der Waals surface area (Å²) in [5, 5.41) is 11.7. The summed E-state index contributed by atoms with van der Waals surface area (Å²) in [7, 11) is 0. The van der Waals surface area contributed by atoms with Gasteiger partial charge in [0.1, 0.15) is 0 Å². The fourth-order valence-electron chi connectivity index (χ4n) is 1.55. The van der Waals surface area contributed by atoms with Gasteiger partial charge in [0.2, 0.25) is 0 Å². The molecule has 0 aliphatic heterocycles. The molecule has 4 nitrogen and oxygen atoms in total. The number of nitrogens with zero attached hydrogens (tertiary/aromatic N) is 2. The molecule has 15 heavy (non-hydrogen) atoms. The van der Waals surface area contributed by atoms with Crippen LogP contribution in [0.4, 0.5) is 5.69 Å². The first-order valence-corrected chi connectivity index (χ1v) is 5.60. The second kappa shape index (κ2) is 3.00. The van der Waals surface area contributed by atoms with Crippen LogP contribution in [0.25, 0.3) is 10.2 Å². The third-order valence-electron chi connectivity index (χ3n) is 2.53. The van der Waals surface area contributed by atoms with Crippen molar-refractivity contribution in [3.8, 4) is 0 Å². The van der Waals surface area contributed by atoms with E-state index < -0.39 is 0 Å². The molecule has 0 atom stereocenters. The number of non-ortho nitro benzene ring substituents is 1. The van der Waals surface area contributed by atoms with Gasteiger partial charge in [-0.2, -0.15) is 0 Å². The predicted octanol–water partition coefficient (Wildman–Crippen LogP) is 3.08. The molecular weight excluding hydrogens is 212 g/mol. The molecule has 5 heteroatoms. The van der Waals surface area contributed by atoms with E-state index >= 15 is 0 Å². The molecule has 3 rings (SSSR count). The lowest BCUT2D eigenvalue weighted by molar-refractivity contribution is -0.384. The Kier molecular flexibility index (Phi) is 1.76. The van der Waals surface area contributed by atoms with Gasteiger partial charge in [0, 0.05) is 18.1 Å². The molecule has 0 spiro atoms. The van der Waals surface area contributed by atoms with Crippen LogP contribution >= 0.6 is 11.3 Å². The first kappa shape index (κ1) is 8.79. The van der Waals surface area contributed by atoms with Crippen LogP contribution in [0.2, 0.25) is 0 Å². The van der Waals surface area contributed by atoms with Gasteiger partial charge in [0.15, 0.2) is 0 Å². The summed E-state index contributed by atoms with van der Waals surface area (Å²) < 4.78 is 0.922. The number of fused-ring (bicyclic) bond motifs is 1. The van der Waals surface area contributed by atoms with Gasteiger partial charge < -0.3 is 0 Å². The number of nitro benzene ring substituents is 1. The molecule has 0 amide bonds. The Morgan fingerprint density at radius 3 is 2.93 bits per heavy atom. The van der Waals surface area contributed by atoms with E-state index in [2.05, 4.69) is 4.98 Å². The summed E-state index contributed by atoms with van der Waals surface area (Å²) in [6.45, 7) is 0. The number of hydrogen-bond donors (Lipinski definition) is 0. The second-order valence-corrected chi connectivity index (χ2v) is 4.80. The largest absolute Gasteiger partial charge is 0.270 e. The van der Waals surface area contributed by atoms with Crippen molar-refractivity contribution in [3.05, 3.63) is 33.3 Å². The normalized spacial score (nSPS) is 15.7. The predicted molar refractivity (Wildman–Crippen MR) is 58.2 cm³/mol. The first-order chi connectivity index (χ1) is 7.24. The minimum atomic E-state index is -0.365. The first-order valence-electron chi connectivity index (χ1n) is 4.79. The van der Waals surface area contributed by atoms with Gasteiger partial charge in [0.25, 0.3) is 5.69 Å². The Bertz CT molecular complexity index is 545. The summed E-state index contributed by atoms with van der Waals surface area (Å²) in [4.78, 5) is 14.7. The maximum atomic E-state index is 10.6. The lowest BCUT2D eigenvalue weighted by atomic mass is 10.3. The van der Waals surface area contributed by atoms with Crippen LogP contribution < -0.4 is 0 Å². The molecule has 1 fully saturated rings. The summed E-state index contributed by atoms with van der Waals surface area (Å²) in [5.74, 6) is 0.612. The Morgan fingerprint density at radius 1 is 1.47 bits per heavy atom. The third kappa shape index (κ3) is 1.48. The monoisotopic (exact) mass is 220 g/mol. The molecule has 1 heterocycles. The zero-order valence-corrected chi connectivity index (χ0v) is 8.66. The Hall–Kier alpha value is -1.49. The lowest BCUT2D eigenvalue weighted by Gasteiger charge is -1.89. The minimum absolute atomic E-state index is 0.147. The smallest absolute Gasteiger partial charge is 0.258 e. The Labute approximate surface area is 89.7 Å². The average Bonchev–Trinajstić information content (AvgIpc) is 2.97. The van der Waals surface area contributed by atoms with E-state index in [1.54, 1.807) is 23.5 Å². The van der Waals surface area contributed by atoms with E-state index in [4.69, 9.17) is 0 Å². The van der Waals surface area contributed by atoms with Gasteiger partial charge in [0.05, 0.1) is 20.1 Å². The molecule has 2 aromatic rings. The topological polar surface area (TPSA) is 56.0 Å². The van der Waals surface area contributed by atoms with Crippen molar-refractivity contribution in [2.75, 3.05) is 0 Å². The fourth-order valence-corrected chi connectivity index (χ4v) is 2.72. The van der Waals surface area contributed by atoms with Crippen molar-refractivity contribution >= 4 is 27.2 Å². The van der Waals surface area contributed by atoms with E-state index in [1.807, 2.05) is 0 Å². The minimum Gasteiger partial charge on any atom is -0.258 e. The maximum Gasteiger partial charge on any atom is 0.270 e. The van der Waals surface area contributed by atoms with Crippen molar-refractivity contribution in [1.82, 2.24) is 4.98 Å². The highest BCUT2D eigenvalue weighted by molar-refractivity contribution is 7.18. The molecule has 0 bridgehead atoms. The number of benzene rings is 1. The molecule has 1 aliphatic carbocycles. The van der Waals surface area contributed by atoms with Crippen LogP contribution in [0, 0.1) is 10.1 Å². The van der Waals surface area contributed by atoms with Gasteiger partial charge in [-0.3, -0.25) is 10.1 Å². The number of hydrogen-bond acceptors (Lipinski definition) is 4. The summed E-state index contributed by atoms with van der Waals surface area (Å²) in [5.41, 5.74) is 1.03. The van der Waals surface area contributed by atoms with Gasteiger partial charge >= 0.3 is 0 Å². The number of thiazole rings is 1. The van der Waals surface area contributed by atoms with Crippen molar-refractivity contribution < 1.29 is 4.92 Å². The summed E-state index contributed by atoms with van der Waals surface area (Å²) in [6.07, 6.45) is 2.42. The van der Waals surface area contributed by atoms with E-state index in [1.165, 1.54) is 18.9 Å². The van der Waals surface area contributed by atoms with Crippen LogP contribution in [-0.4, -0.2) is 9.91 Å². The van der Waals surface area contributed by atoms with Crippen LogP contribution in [0.1, 0.15) is 23.8 Å². The molecule has 0 saturated heterocycles. The molecule has 0 unspecified atom stereocenters. The molecule has 1 saturated carbocycles. The van der Waals surface area contributed by atoms with Gasteiger partial charge in [-0.05, 0) is 18.9 Å². The molecule has 76 valence electrons. The van der Waals surface area contributed by atoms with Crippen molar-refractivity contribution in [3.63, 3.8) is 0 Å². The summed E-state index contributed by atoms with van der Waals surface area (Å²) in [6, 6.07) is 4.85. The molecular formula is C10H8N2O2S. The van der Waals surface area contributed by atoms with Gasteiger partial charge in [-0.25, -0.2) is 4.98 Å². The fraction of sp³-hybridized carbons (Fsp3) is 0.300. The van der Waals surface area contributed by atoms with E-state index in [0.717, 1.165) is 15.2 Å². The van der Waals surface area contributed by atoms with Crippen molar-refractivity contribution in [2.24, 2.45) is 0 Å². The number of nitro groups is 1. The van der Waals surface area contributed by atoms with E-state index in [9.17, 15) is 10.1 Å². The standard InChI is InChI=1S/C10H8N2O2S/c13-12(14)7-3-4-8-9(5-7)15-10(11-8)6-1-2-6/h3-6H,1-2H2. The number of aromatic nitrogens is 1. The van der Waals surface area contributed by atoms with Crippen LogP contribution in [0.15, 0.2) is 18.2 Å². The Balaban J connectivity index is 2.13. The third-order valence-corrected chi connectivity index (χ3v) is 3.71. The van der Waals surface area contributed by atoms with Crippen LogP contribution in [0.3, 0.4) is 0 Å². The molecule has 1 aliphatic rings. The molecule has 0 N–H and O–H groups in total. The lowest BCUT2D eigenvalue weighted by Crippen LogP contribution is -1.85. The molecule has 0 radical (unpaired) electrons. The van der Waals surface area contributed by atoms with Crippen molar-refractivity contribution in [1.29, 1.82) is 0 Å². The number of rotatable bonds is 2. The quantitative estimate of drug-likeness (QED) is 0.577. The molecule has 1 aromatic carbocycles. The van der Waals surface area contributed by atoms with E-state index in [-0.39, 0.29) is 10.6 Å². The summed E-state index contributed by atoms with van der Waals surface area (Å²) >= 11 is 1.58. The highest BCUT2D eigenvalue weighted by Gasteiger charge is 2.27. The maximum absolute atomic E-state index is 10.6. The van der Waals surface area contributed by atoms with Crippen LogP contribution in [-0.2, 0) is 0 Å². The van der Waals surface area contributed by atoms with Crippen molar-refractivity contribution in [2.45, 2.75) is 18.8 Å². The SMILES string of the molecule is O=[N+]([O-])c1ccc2nc(C3CC3)sc2c1.